The molecule has 0 saturated carbocycles. The molecule has 34 heavy (non-hydrogen) atoms. The number of nitriles is 1. The van der Waals surface area contributed by atoms with Crippen LogP contribution in [0.5, 0.6) is 0 Å². The lowest BCUT2D eigenvalue weighted by Gasteiger charge is -2.22. The average molecular weight is 477 g/mol. The van der Waals surface area contributed by atoms with Gasteiger partial charge in [0, 0.05) is 42.5 Å². The van der Waals surface area contributed by atoms with E-state index in [1.54, 1.807) is 30.7 Å². The highest BCUT2D eigenvalue weighted by Crippen LogP contribution is 2.38. The van der Waals surface area contributed by atoms with E-state index in [-0.39, 0.29) is 12.0 Å². The number of ether oxygens (including phenoxy) is 1. The minimum atomic E-state index is -0.483. The van der Waals surface area contributed by atoms with Crippen LogP contribution in [0, 0.1) is 11.3 Å². The fourth-order valence-corrected chi connectivity index (χ4v) is 5.08. The lowest BCUT2D eigenvalue weighted by molar-refractivity contribution is -0.111. The van der Waals surface area contributed by atoms with Gasteiger partial charge in [-0.1, -0.05) is 6.07 Å². The molecule has 1 unspecified atom stereocenters. The summed E-state index contributed by atoms with van der Waals surface area (Å²) in [5, 5.41) is 20.0. The summed E-state index contributed by atoms with van der Waals surface area (Å²) < 4.78 is 7.42. The van der Waals surface area contributed by atoms with Gasteiger partial charge in [-0.3, -0.25) is 14.5 Å². The monoisotopic (exact) mass is 476 g/mol. The van der Waals surface area contributed by atoms with Crippen molar-refractivity contribution in [2.75, 3.05) is 5.32 Å². The third-order valence-corrected chi connectivity index (χ3v) is 6.64. The first-order valence-electron chi connectivity index (χ1n) is 11.0. The molecule has 0 spiro atoms. The van der Waals surface area contributed by atoms with Gasteiger partial charge in [0.05, 0.1) is 17.8 Å². The molecule has 1 aliphatic carbocycles. The van der Waals surface area contributed by atoms with Crippen molar-refractivity contribution in [3.8, 4) is 6.07 Å². The van der Waals surface area contributed by atoms with E-state index in [0.717, 1.165) is 28.2 Å². The topological polar surface area (TPSA) is 122 Å². The molecule has 3 heterocycles. The highest BCUT2D eigenvalue weighted by Gasteiger charge is 2.28. The average Bonchev–Trinajstić information content (AvgIpc) is 3.45. The highest BCUT2D eigenvalue weighted by atomic mass is 32.1. The number of hydrogen-bond donors (Lipinski definition) is 2. The SMILES string of the molecule is CCn1nccc1CNC(=O)OC1CCc2c(sc(NC(=O)C=Cc3cccnc3)c2C#N)C1. The Kier molecular flexibility index (Phi) is 7.34. The fraction of sp³-hybridized carbons (Fsp3) is 0.292. The van der Waals surface area contributed by atoms with Crippen LogP contribution in [0.4, 0.5) is 9.80 Å². The molecule has 10 heteroatoms. The Balaban J connectivity index is 1.35. The van der Waals surface area contributed by atoms with Crippen molar-refractivity contribution < 1.29 is 14.3 Å². The number of fused-ring (bicyclic) bond motifs is 1. The van der Waals surface area contributed by atoms with Crippen molar-refractivity contribution in [3.05, 3.63) is 70.1 Å². The Hall–Kier alpha value is -3.97. The van der Waals surface area contributed by atoms with Crippen molar-refractivity contribution in [1.82, 2.24) is 20.1 Å². The van der Waals surface area contributed by atoms with Crippen LogP contribution in [-0.2, 0) is 35.5 Å². The maximum absolute atomic E-state index is 12.4. The molecule has 0 aromatic carbocycles. The molecule has 3 aromatic rings. The standard InChI is InChI=1S/C24H24N6O3S/c1-2-30-17(9-11-28-30)15-27-24(32)33-18-6-7-19-20(13-25)23(34-21(19)12-18)29-22(31)8-5-16-4-3-10-26-14-16/h3-5,8-11,14,18H,2,6-7,12,15H2,1H3,(H,27,32)(H,29,31). The number of nitrogens with one attached hydrogen (secondary N) is 2. The summed E-state index contributed by atoms with van der Waals surface area (Å²) in [5.41, 5.74) is 3.12. The zero-order valence-corrected chi connectivity index (χ0v) is 19.5. The zero-order chi connectivity index (χ0) is 23.9. The lowest BCUT2D eigenvalue weighted by Crippen LogP contribution is -2.32. The molecule has 0 fully saturated rings. The molecule has 0 aliphatic heterocycles. The summed E-state index contributed by atoms with van der Waals surface area (Å²) in [6.07, 6.45) is 9.06. The summed E-state index contributed by atoms with van der Waals surface area (Å²) in [7, 11) is 0. The van der Waals surface area contributed by atoms with Crippen LogP contribution < -0.4 is 10.6 Å². The molecule has 1 atom stereocenters. The van der Waals surface area contributed by atoms with Gasteiger partial charge < -0.3 is 15.4 Å². The molecular weight excluding hydrogens is 452 g/mol. The summed E-state index contributed by atoms with van der Waals surface area (Å²) in [4.78, 5) is 29.7. The molecule has 2 amide bonds. The Morgan fingerprint density at radius 2 is 2.26 bits per heavy atom. The number of amides is 2. The third-order valence-electron chi connectivity index (χ3n) is 5.47. The molecule has 4 rings (SSSR count). The quantitative estimate of drug-likeness (QED) is 0.502. The fourth-order valence-electron chi connectivity index (χ4n) is 3.81. The third kappa shape index (κ3) is 5.50. The molecule has 1 aliphatic rings. The highest BCUT2D eigenvalue weighted by molar-refractivity contribution is 7.16. The summed E-state index contributed by atoms with van der Waals surface area (Å²) in [6.45, 7) is 3.05. The Morgan fingerprint density at radius 1 is 1.38 bits per heavy atom. The molecule has 174 valence electrons. The first kappa shape index (κ1) is 23.2. The maximum atomic E-state index is 12.4. The van der Waals surface area contributed by atoms with E-state index >= 15 is 0 Å². The number of anilines is 1. The Morgan fingerprint density at radius 3 is 3.03 bits per heavy atom. The van der Waals surface area contributed by atoms with E-state index < -0.39 is 6.09 Å². The van der Waals surface area contributed by atoms with Crippen molar-refractivity contribution in [3.63, 3.8) is 0 Å². The van der Waals surface area contributed by atoms with Crippen molar-refractivity contribution >= 4 is 34.4 Å². The van der Waals surface area contributed by atoms with Crippen LogP contribution in [0.3, 0.4) is 0 Å². The first-order chi connectivity index (χ1) is 16.6. The van der Waals surface area contributed by atoms with Crippen LogP contribution in [0.15, 0.2) is 42.9 Å². The number of carbonyl (C=O) groups is 2. The summed E-state index contributed by atoms with van der Waals surface area (Å²) in [5.74, 6) is -0.322. The molecular formula is C24H24N6O3S. The van der Waals surface area contributed by atoms with Crippen molar-refractivity contribution in [2.45, 2.75) is 45.4 Å². The number of carbonyl (C=O) groups excluding carboxylic acids is 2. The second-order valence-corrected chi connectivity index (χ2v) is 8.80. The Labute approximate surface area is 201 Å². The van der Waals surface area contributed by atoms with Gasteiger partial charge in [-0.2, -0.15) is 10.4 Å². The number of thiophene rings is 1. The lowest BCUT2D eigenvalue weighted by atomic mass is 9.94. The van der Waals surface area contributed by atoms with Crippen molar-refractivity contribution in [2.24, 2.45) is 0 Å². The van der Waals surface area contributed by atoms with Crippen LogP contribution >= 0.6 is 11.3 Å². The minimum Gasteiger partial charge on any atom is -0.446 e. The van der Waals surface area contributed by atoms with Gasteiger partial charge in [0.15, 0.2) is 0 Å². The van der Waals surface area contributed by atoms with E-state index in [4.69, 9.17) is 4.74 Å². The zero-order valence-electron chi connectivity index (χ0n) is 18.7. The first-order valence-corrected chi connectivity index (χ1v) is 11.8. The van der Waals surface area contributed by atoms with E-state index in [9.17, 15) is 14.9 Å². The second kappa shape index (κ2) is 10.8. The molecule has 3 aromatic heterocycles. The van der Waals surface area contributed by atoms with Crippen LogP contribution in [-0.4, -0.2) is 32.9 Å². The van der Waals surface area contributed by atoms with E-state index in [2.05, 4.69) is 26.8 Å². The smallest absolute Gasteiger partial charge is 0.407 e. The van der Waals surface area contributed by atoms with Crippen LogP contribution in [0.25, 0.3) is 6.08 Å². The predicted molar refractivity (Wildman–Crippen MR) is 128 cm³/mol. The maximum Gasteiger partial charge on any atom is 0.407 e. The molecule has 9 nitrogen and oxygen atoms in total. The number of pyridine rings is 1. The van der Waals surface area contributed by atoms with Crippen LogP contribution in [0.2, 0.25) is 0 Å². The number of nitrogens with zero attached hydrogens (tertiary/aromatic N) is 4. The molecule has 0 radical (unpaired) electrons. The van der Waals surface area contributed by atoms with Gasteiger partial charge in [0.1, 0.15) is 17.2 Å². The van der Waals surface area contributed by atoms with Gasteiger partial charge >= 0.3 is 6.09 Å². The second-order valence-electron chi connectivity index (χ2n) is 7.69. The summed E-state index contributed by atoms with van der Waals surface area (Å²) in [6, 6.07) is 7.71. The largest absolute Gasteiger partial charge is 0.446 e. The summed E-state index contributed by atoms with van der Waals surface area (Å²) >= 11 is 1.36. The van der Waals surface area contributed by atoms with Gasteiger partial charge in [0.25, 0.3) is 0 Å². The molecule has 2 N–H and O–H groups in total. The number of aryl methyl sites for hydroxylation is 1. The van der Waals surface area contributed by atoms with E-state index in [1.165, 1.54) is 17.4 Å². The van der Waals surface area contributed by atoms with Gasteiger partial charge in [0.2, 0.25) is 5.91 Å². The van der Waals surface area contributed by atoms with Gasteiger partial charge in [-0.05, 0) is 49.1 Å². The number of alkyl carbamates (subject to hydrolysis) is 1. The molecule has 0 bridgehead atoms. The number of hydrogen-bond acceptors (Lipinski definition) is 7. The van der Waals surface area contributed by atoms with E-state index in [1.807, 2.05) is 23.7 Å². The minimum absolute atomic E-state index is 0.289. The van der Waals surface area contributed by atoms with Crippen molar-refractivity contribution in [1.29, 1.82) is 5.26 Å². The van der Waals surface area contributed by atoms with Crippen LogP contribution in [0.1, 0.15) is 40.6 Å². The number of aromatic nitrogens is 3. The van der Waals surface area contributed by atoms with E-state index in [0.29, 0.717) is 36.4 Å². The Bertz CT molecular complexity index is 1240. The molecule has 0 saturated heterocycles. The normalized spacial score (nSPS) is 14.9. The van der Waals surface area contributed by atoms with Gasteiger partial charge in [-0.25, -0.2) is 4.79 Å². The predicted octanol–water partition coefficient (Wildman–Crippen LogP) is 3.67. The van der Waals surface area contributed by atoms with Gasteiger partial charge in [-0.15, -0.1) is 11.3 Å². The number of rotatable bonds is 7.